The largest absolute Gasteiger partial charge is 0.354 e. The van der Waals surface area contributed by atoms with Gasteiger partial charge in [-0.05, 0) is 62.4 Å². The smallest absolute Gasteiger partial charge is 0.251 e. The van der Waals surface area contributed by atoms with Gasteiger partial charge in [0.05, 0.1) is 5.02 Å². The zero-order chi connectivity index (χ0) is 26.9. The number of carbonyl (C=O) groups is 3. The van der Waals surface area contributed by atoms with E-state index in [1.807, 2.05) is 13.8 Å². The molecule has 0 aliphatic carbocycles. The maximum Gasteiger partial charge on any atom is 0.251 e. The Bertz CT molecular complexity index is 1190. The fourth-order valence-electron chi connectivity index (χ4n) is 3.36. The van der Waals surface area contributed by atoms with Crippen molar-refractivity contribution in [1.29, 1.82) is 0 Å². The van der Waals surface area contributed by atoms with Crippen molar-refractivity contribution in [3.63, 3.8) is 0 Å². The molecule has 0 aromatic heterocycles. The van der Waals surface area contributed by atoms with E-state index in [0.717, 1.165) is 18.2 Å². The van der Waals surface area contributed by atoms with Gasteiger partial charge in [-0.2, -0.15) is 0 Å². The van der Waals surface area contributed by atoms with Gasteiger partial charge in [-0.25, -0.2) is 17.5 Å². The minimum absolute atomic E-state index is 0.105. The van der Waals surface area contributed by atoms with Crippen LogP contribution in [-0.4, -0.2) is 45.1 Å². The van der Waals surface area contributed by atoms with E-state index in [-0.39, 0.29) is 40.6 Å². The zero-order valence-electron chi connectivity index (χ0n) is 20.4. The standard InChI is InChI=1S/C25H31ClFN3O5S/c1-16(2)14-22(30-24(32)19-8-6-18(7-9-19)17(3)31)25(33)28-12-4-5-13-29-36(34,35)23-11-10-20(27)15-21(23)26/h6-11,15-16,22,29H,4-5,12-14H2,1-3H3,(H,28,33)(H,30,32)/t22-/m0/s1. The van der Waals surface area contributed by atoms with Crippen molar-refractivity contribution in [2.75, 3.05) is 13.1 Å². The minimum atomic E-state index is -3.89. The first-order valence-electron chi connectivity index (χ1n) is 11.5. The Hall–Kier alpha value is -2.82. The Morgan fingerprint density at radius 3 is 2.17 bits per heavy atom. The van der Waals surface area contributed by atoms with E-state index in [4.69, 9.17) is 11.6 Å². The Morgan fingerprint density at radius 1 is 0.972 bits per heavy atom. The number of hydrogen-bond acceptors (Lipinski definition) is 5. The lowest BCUT2D eigenvalue weighted by Crippen LogP contribution is -2.47. The topological polar surface area (TPSA) is 121 Å². The normalized spacial score (nSPS) is 12.3. The van der Waals surface area contributed by atoms with Gasteiger partial charge in [-0.1, -0.05) is 37.6 Å². The van der Waals surface area contributed by atoms with Crippen LogP contribution in [0, 0.1) is 11.7 Å². The summed E-state index contributed by atoms with van der Waals surface area (Å²) in [4.78, 5) is 36.5. The first-order valence-corrected chi connectivity index (χ1v) is 13.4. The van der Waals surface area contributed by atoms with E-state index >= 15 is 0 Å². The van der Waals surface area contributed by atoms with Crippen molar-refractivity contribution >= 4 is 39.2 Å². The second kappa shape index (κ2) is 13.5. The van der Waals surface area contributed by atoms with Gasteiger partial charge in [-0.15, -0.1) is 0 Å². The van der Waals surface area contributed by atoms with Crippen LogP contribution in [0.3, 0.4) is 0 Å². The monoisotopic (exact) mass is 539 g/mol. The Morgan fingerprint density at radius 2 is 1.58 bits per heavy atom. The molecule has 11 heteroatoms. The highest BCUT2D eigenvalue weighted by Gasteiger charge is 2.22. The van der Waals surface area contributed by atoms with E-state index in [1.165, 1.54) is 19.1 Å². The van der Waals surface area contributed by atoms with Gasteiger partial charge >= 0.3 is 0 Å². The van der Waals surface area contributed by atoms with Crippen molar-refractivity contribution < 1.29 is 27.2 Å². The molecule has 0 bridgehead atoms. The summed E-state index contributed by atoms with van der Waals surface area (Å²) in [5, 5.41) is 5.32. The molecule has 0 saturated heterocycles. The number of halogens is 2. The molecule has 0 saturated carbocycles. The molecule has 2 aromatic rings. The molecule has 0 radical (unpaired) electrons. The summed E-state index contributed by atoms with van der Waals surface area (Å²) < 4.78 is 40.2. The van der Waals surface area contributed by atoms with Crippen LogP contribution in [-0.2, 0) is 14.8 Å². The molecule has 0 unspecified atom stereocenters. The number of sulfonamides is 1. The molecule has 0 heterocycles. The molecule has 2 amide bonds. The van der Waals surface area contributed by atoms with Gasteiger partial charge in [0.25, 0.3) is 5.91 Å². The zero-order valence-corrected chi connectivity index (χ0v) is 22.0. The molecule has 0 spiro atoms. The van der Waals surface area contributed by atoms with Gasteiger partial charge in [0.1, 0.15) is 16.8 Å². The molecular formula is C25H31ClFN3O5S. The number of carbonyl (C=O) groups excluding carboxylic acids is 3. The van der Waals surface area contributed by atoms with Crippen LogP contribution in [0.5, 0.6) is 0 Å². The van der Waals surface area contributed by atoms with Crippen molar-refractivity contribution in [3.8, 4) is 0 Å². The molecule has 196 valence electrons. The molecule has 1 atom stereocenters. The predicted octanol–water partition coefficient (Wildman–Crippen LogP) is 3.70. The molecule has 8 nitrogen and oxygen atoms in total. The predicted molar refractivity (Wildman–Crippen MR) is 136 cm³/mol. The highest BCUT2D eigenvalue weighted by Crippen LogP contribution is 2.21. The molecule has 3 N–H and O–H groups in total. The van der Waals surface area contributed by atoms with Gasteiger partial charge in [-0.3, -0.25) is 14.4 Å². The number of nitrogens with one attached hydrogen (secondary N) is 3. The molecule has 2 aromatic carbocycles. The van der Waals surface area contributed by atoms with Crippen molar-refractivity contribution in [1.82, 2.24) is 15.4 Å². The fourth-order valence-corrected chi connectivity index (χ4v) is 4.97. The van der Waals surface area contributed by atoms with E-state index in [1.54, 1.807) is 12.1 Å². The van der Waals surface area contributed by atoms with E-state index in [2.05, 4.69) is 15.4 Å². The number of unbranched alkanes of at least 4 members (excludes halogenated alkanes) is 1. The molecular weight excluding hydrogens is 509 g/mol. The highest BCUT2D eigenvalue weighted by molar-refractivity contribution is 7.89. The first-order chi connectivity index (χ1) is 16.9. The fraction of sp³-hybridized carbons (Fsp3) is 0.400. The molecule has 0 fully saturated rings. The summed E-state index contributed by atoms with van der Waals surface area (Å²) in [6.45, 7) is 5.71. The van der Waals surface area contributed by atoms with Crippen LogP contribution < -0.4 is 15.4 Å². The summed E-state index contributed by atoms with van der Waals surface area (Å²) in [7, 11) is -3.89. The molecule has 0 aliphatic rings. The lowest BCUT2D eigenvalue weighted by atomic mass is 10.0. The lowest BCUT2D eigenvalue weighted by molar-refractivity contribution is -0.123. The quantitative estimate of drug-likeness (QED) is 0.265. The summed E-state index contributed by atoms with van der Waals surface area (Å²) in [5.41, 5.74) is 0.834. The number of rotatable bonds is 13. The molecule has 0 aliphatic heterocycles. The third-order valence-electron chi connectivity index (χ3n) is 5.26. The van der Waals surface area contributed by atoms with Crippen molar-refractivity contribution in [2.24, 2.45) is 5.92 Å². The summed E-state index contributed by atoms with van der Waals surface area (Å²) in [6, 6.07) is 8.50. The van der Waals surface area contributed by atoms with Crippen LogP contribution in [0.15, 0.2) is 47.4 Å². The van der Waals surface area contributed by atoms with Crippen LogP contribution in [0.1, 0.15) is 60.7 Å². The first kappa shape index (κ1) is 29.4. The third-order valence-corrected chi connectivity index (χ3v) is 7.20. The maximum atomic E-state index is 13.1. The average Bonchev–Trinajstić information content (AvgIpc) is 2.80. The van der Waals surface area contributed by atoms with Crippen LogP contribution in [0.2, 0.25) is 5.02 Å². The molecule has 2 rings (SSSR count). The number of amides is 2. The van der Waals surface area contributed by atoms with Crippen LogP contribution in [0.4, 0.5) is 4.39 Å². The second-order valence-corrected chi connectivity index (χ2v) is 10.9. The highest BCUT2D eigenvalue weighted by atomic mass is 35.5. The van der Waals surface area contributed by atoms with E-state index in [0.29, 0.717) is 30.4 Å². The Kier molecular flexibility index (Phi) is 11.0. The summed E-state index contributed by atoms with van der Waals surface area (Å²) >= 11 is 5.82. The third kappa shape index (κ3) is 9.00. The summed E-state index contributed by atoms with van der Waals surface area (Å²) in [6.07, 6.45) is 1.35. The maximum absolute atomic E-state index is 13.1. The average molecular weight is 540 g/mol. The Balaban J connectivity index is 1.83. The van der Waals surface area contributed by atoms with Crippen molar-refractivity contribution in [3.05, 3.63) is 64.4 Å². The minimum Gasteiger partial charge on any atom is -0.354 e. The number of benzene rings is 2. The van der Waals surface area contributed by atoms with E-state index < -0.39 is 27.8 Å². The van der Waals surface area contributed by atoms with Crippen LogP contribution >= 0.6 is 11.6 Å². The van der Waals surface area contributed by atoms with Gasteiger partial charge < -0.3 is 10.6 Å². The number of ketones is 1. The Labute approximate surface area is 216 Å². The number of hydrogen-bond donors (Lipinski definition) is 3. The SMILES string of the molecule is CC(=O)c1ccc(C(=O)N[C@@H](CC(C)C)C(=O)NCCCCNS(=O)(=O)c2ccc(F)cc2Cl)cc1. The van der Waals surface area contributed by atoms with Gasteiger partial charge in [0, 0.05) is 24.2 Å². The van der Waals surface area contributed by atoms with Crippen LogP contribution in [0.25, 0.3) is 0 Å². The number of Topliss-reactive ketones (excluding diaryl/α,β-unsaturated/α-hetero) is 1. The van der Waals surface area contributed by atoms with E-state index in [9.17, 15) is 27.2 Å². The molecule has 36 heavy (non-hydrogen) atoms. The van der Waals surface area contributed by atoms with Gasteiger partial charge in [0.2, 0.25) is 15.9 Å². The second-order valence-electron chi connectivity index (χ2n) is 8.76. The summed E-state index contributed by atoms with van der Waals surface area (Å²) in [5.74, 6) is -1.34. The van der Waals surface area contributed by atoms with Gasteiger partial charge in [0.15, 0.2) is 5.78 Å². The van der Waals surface area contributed by atoms with Crippen molar-refractivity contribution in [2.45, 2.75) is 51.0 Å². The lowest BCUT2D eigenvalue weighted by Gasteiger charge is -2.20.